The number of rotatable bonds is 7. The van der Waals surface area contributed by atoms with E-state index in [1.165, 1.54) is 0 Å². The zero-order valence-corrected chi connectivity index (χ0v) is 18.2. The van der Waals surface area contributed by atoms with E-state index in [2.05, 4.69) is 20.2 Å². The van der Waals surface area contributed by atoms with Crippen molar-refractivity contribution in [3.63, 3.8) is 0 Å². The van der Waals surface area contributed by atoms with Gasteiger partial charge in [-0.3, -0.25) is 9.88 Å². The summed E-state index contributed by atoms with van der Waals surface area (Å²) >= 11 is 0. The van der Waals surface area contributed by atoms with Crippen LogP contribution < -0.4 is 14.8 Å². The van der Waals surface area contributed by atoms with Gasteiger partial charge in [0, 0.05) is 25.8 Å². The normalized spacial score (nSPS) is 16.7. The molecule has 7 heteroatoms. The third-order valence-corrected chi connectivity index (χ3v) is 5.45. The summed E-state index contributed by atoms with van der Waals surface area (Å²) in [6.07, 6.45) is 3.52. The first-order valence-electron chi connectivity index (χ1n) is 10.4. The molecule has 0 amide bonds. The zero-order valence-electron chi connectivity index (χ0n) is 18.2. The molecule has 0 radical (unpaired) electrons. The van der Waals surface area contributed by atoms with Crippen LogP contribution in [0.2, 0.25) is 0 Å². The van der Waals surface area contributed by atoms with E-state index in [0.29, 0.717) is 6.61 Å². The largest absolute Gasteiger partial charge is 0.496 e. The quantitative estimate of drug-likeness (QED) is 0.617. The summed E-state index contributed by atoms with van der Waals surface area (Å²) in [7, 11) is 3.37. The standard InChI is InChI=1S/C24H28N4O3/c1-17-6-5-11-25-24(17)27-18-9-10-20(26-14-18)23-16-28(12-13-31-23)15-19-21(29-2)7-4-8-22(19)30-3/h4-11,14,23H,12-13,15-16H2,1-3H3,(H,25,27). The minimum absolute atomic E-state index is 0.0833. The number of methoxy groups -OCH3 is 2. The first-order valence-corrected chi connectivity index (χ1v) is 10.4. The van der Waals surface area contributed by atoms with E-state index in [9.17, 15) is 0 Å². The average Bonchev–Trinajstić information content (AvgIpc) is 2.81. The van der Waals surface area contributed by atoms with Crippen LogP contribution in [0.4, 0.5) is 11.5 Å². The van der Waals surface area contributed by atoms with Gasteiger partial charge in [0.1, 0.15) is 23.4 Å². The van der Waals surface area contributed by atoms with Gasteiger partial charge in [-0.25, -0.2) is 4.98 Å². The van der Waals surface area contributed by atoms with Crippen molar-refractivity contribution in [3.8, 4) is 11.5 Å². The Morgan fingerprint density at radius 3 is 2.55 bits per heavy atom. The van der Waals surface area contributed by atoms with Crippen LogP contribution in [0.25, 0.3) is 0 Å². The summed E-state index contributed by atoms with van der Waals surface area (Å²) in [6, 6.07) is 13.8. The second kappa shape index (κ2) is 9.76. The van der Waals surface area contributed by atoms with Gasteiger partial charge in [-0.1, -0.05) is 12.1 Å². The van der Waals surface area contributed by atoms with Gasteiger partial charge in [-0.05, 0) is 42.8 Å². The molecular formula is C24H28N4O3. The smallest absolute Gasteiger partial charge is 0.133 e. The fraction of sp³-hybridized carbons (Fsp3) is 0.333. The number of hydrogen-bond donors (Lipinski definition) is 1. The Labute approximate surface area is 183 Å². The van der Waals surface area contributed by atoms with Crippen molar-refractivity contribution >= 4 is 11.5 Å². The van der Waals surface area contributed by atoms with E-state index in [0.717, 1.165) is 59.5 Å². The van der Waals surface area contributed by atoms with Gasteiger partial charge in [-0.15, -0.1) is 0 Å². The topological polar surface area (TPSA) is 68.7 Å². The van der Waals surface area contributed by atoms with Gasteiger partial charge >= 0.3 is 0 Å². The molecule has 1 saturated heterocycles. The van der Waals surface area contributed by atoms with E-state index in [-0.39, 0.29) is 6.10 Å². The van der Waals surface area contributed by atoms with Gasteiger partial charge in [0.15, 0.2) is 0 Å². The van der Waals surface area contributed by atoms with Crippen LogP contribution >= 0.6 is 0 Å². The number of benzene rings is 1. The summed E-state index contributed by atoms with van der Waals surface area (Å²) in [4.78, 5) is 11.4. The van der Waals surface area contributed by atoms with Crippen molar-refractivity contribution in [3.05, 3.63) is 71.7 Å². The molecule has 4 rings (SSSR count). The van der Waals surface area contributed by atoms with E-state index < -0.39 is 0 Å². The molecule has 0 aliphatic carbocycles. The lowest BCUT2D eigenvalue weighted by molar-refractivity contribution is -0.0353. The summed E-state index contributed by atoms with van der Waals surface area (Å²) in [5.41, 5.74) is 3.95. The van der Waals surface area contributed by atoms with Crippen molar-refractivity contribution in [1.82, 2.24) is 14.9 Å². The third kappa shape index (κ3) is 4.95. The Bertz CT molecular complexity index is 988. The van der Waals surface area contributed by atoms with Gasteiger partial charge < -0.3 is 19.5 Å². The van der Waals surface area contributed by atoms with Crippen molar-refractivity contribution in [2.75, 3.05) is 39.2 Å². The van der Waals surface area contributed by atoms with Crippen LogP contribution in [-0.2, 0) is 11.3 Å². The van der Waals surface area contributed by atoms with Gasteiger partial charge in [-0.2, -0.15) is 0 Å². The fourth-order valence-corrected chi connectivity index (χ4v) is 3.76. The highest BCUT2D eigenvalue weighted by atomic mass is 16.5. The van der Waals surface area contributed by atoms with Crippen LogP contribution in [0.15, 0.2) is 54.9 Å². The SMILES string of the molecule is COc1cccc(OC)c1CN1CCOC(c2ccc(Nc3ncccc3C)cn2)C1. The lowest BCUT2D eigenvalue weighted by Crippen LogP contribution is -2.38. The molecule has 7 nitrogen and oxygen atoms in total. The molecule has 1 atom stereocenters. The Morgan fingerprint density at radius 1 is 1.06 bits per heavy atom. The monoisotopic (exact) mass is 420 g/mol. The van der Waals surface area contributed by atoms with Crippen LogP contribution in [0.1, 0.15) is 22.9 Å². The molecule has 162 valence electrons. The average molecular weight is 421 g/mol. The number of pyridine rings is 2. The Kier molecular flexibility index (Phi) is 6.64. The lowest BCUT2D eigenvalue weighted by atomic mass is 10.1. The molecule has 0 bridgehead atoms. The van der Waals surface area contributed by atoms with Crippen LogP contribution in [0.3, 0.4) is 0 Å². The maximum Gasteiger partial charge on any atom is 0.133 e. The molecule has 1 aliphatic rings. The van der Waals surface area contributed by atoms with Gasteiger partial charge in [0.05, 0.1) is 44.0 Å². The number of hydrogen-bond acceptors (Lipinski definition) is 7. The molecule has 1 fully saturated rings. The van der Waals surface area contributed by atoms with Crippen molar-refractivity contribution in [2.24, 2.45) is 0 Å². The predicted octanol–water partition coefficient (Wildman–Crippen LogP) is 4.12. The van der Waals surface area contributed by atoms with Crippen LogP contribution in [0.5, 0.6) is 11.5 Å². The zero-order chi connectivity index (χ0) is 21.6. The molecule has 1 N–H and O–H groups in total. The number of anilines is 2. The number of aryl methyl sites for hydroxylation is 1. The lowest BCUT2D eigenvalue weighted by Gasteiger charge is -2.33. The Morgan fingerprint density at radius 2 is 1.87 bits per heavy atom. The maximum atomic E-state index is 6.02. The molecule has 2 aromatic heterocycles. The number of aromatic nitrogens is 2. The molecule has 3 heterocycles. The Balaban J connectivity index is 1.44. The van der Waals surface area contributed by atoms with E-state index in [1.54, 1.807) is 20.4 Å². The molecule has 1 aromatic carbocycles. The first kappa shape index (κ1) is 21.1. The third-order valence-electron chi connectivity index (χ3n) is 5.45. The number of morpholine rings is 1. The van der Waals surface area contributed by atoms with Gasteiger partial charge in [0.2, 0.25) is 0 Å². The van der Waals surface area contributed by atoms with Crippen molar-refractivity contribution in [1.29, 1.82) is 0 Å². The minimum Gasteiger partial charge on any atom is -0.496 e. The van der Waals surface area contributed by atoms with Gasteiger partial charge in [0.25, 0.3) is 0 Å². The number of nitrogens with zero attached hydrogens (tertiary/aromatic N) is 3. The molecule has 1 unspecified atom stereocenters. The predicted molar refractivity (Wildman–Crippen MR) is 120 cm³/mol. The summed E-state index contributed by atoms with van der Waals surface area (Å²) in [5, 5.41) is 3.32. The highest BCUT2D eigenvalue weighted by molar-refractivity contribution is 5.57. The Hall–Kier alpha value is -3.16. The van der Waals surface area contributed by atoms with E-state index >= 15 is 0 Å². The molecule has 1 aliphatic heterocycles. The molecule has 31 heavy (non-hydrogen) atoms. The highest BCUT2D eigenvalue weighted by Gasteiger charge is 2.25. The molecule has 3 aromatic rings. The summed E-state index contributed by atoms with van der Waals surface area (Å²) < 4.78 is 17.1. The maximum absolute atomic E-state index is 6.02. The first-order chi connectivity index (χ1) is 15.2. The molecular weight excluding hydrogens is 392 g/mol. The molecule has 0 saturated carbocycles. The fourth-order valence-electron chi connectivity index (χ4n) is 3.76. The van der Waals surface area contributed by atoms with E-state index in [4.69, 9.17) is 14.2 Å². The minimum atomic E-state index is -0.0833. The second-order valence-electron chi connectivity index (χ2n) is 7.50. The summed E-state index contributed by atoms with van der Waals surface area (Å²) in [5.74, 6) is 2.50. The molecule has 0 spiro atoms. The van der Waals surface area contributed by atoms with Crippen LogP contribution in [0, 0.1) is 6.92 Å². The van der Waals surface area contributed by atoms with E-state index in [1.807, 2.05) is 55.6 Å². The summed E-state index contributed by atoms with van der Waals surface area (Å²) in [6.45, 7) is 5.00. The highest BCUT2D eigenvalue weighted by Crippen LogP contribution is 2.31. The second-order valence-corrected chi connectivity index (χ2v) is 7.50. The number of nitrogens with one attached hydrogen (secondary N) is 1. The van der Waals surface area contributed by atoms with Crippen molar-refractivity contribution < 1.29 is 14.2 Å². The van der Waals surface area contributed by atoms with Crippen molar-refractivity contribution in [2.45, 2.75) is 19.6 Å². The number of ether oxygens (including phenoxy) is 3. The van der Waals surface area contributed by atoms with Crippen LogP contribution in [-0.4, -0.2) is 48.8 Å².